The molecule has 0 radical (unpaired) electrons. The highest BCUT2D eigenvalue weighted by Gasteiger charge is 2.38. The van der Waals surface area contributed by atoms with E-state index in [1.807, 2.05) is 19.1 Å². The van der Waals surface area contributed by atoms with Crippen LogP contribution in [0.2, 0.25) is 0 Å². The first-order chi connectivity index (χ1) is 9.45. The Hall–Kier alpha value is -1.31. The first-order valence-electron chi connectivity index (χ1n) is 7.71. The summed E-state index contributed by atoms with van der Waals surface area (Å²) in [7, 11) is 0. The standard InChI is InChI=1S/C18H26O2/c1-5-20-15-9-7-14(8-10-15)18(3,4)16-11-6-13(2)12-17(16)19/h7-10,13,16H,5-6,11-12H2,1-4H3. The summed E-state index contributed by atoms with van der Waals surface area (Å²) in [6, 6.07) is 8.24. The topological polar surface area (TPSA) is 26.3 Å². The van der Waals surface area contributed by atoms with Gasteiger partial charge in [-0.25, -0.2) is 0 Å². The molecule has 0 heterocycles. The summed E-state index contributed by atoms with van der Waals surface area (Å²) in [5.74, 6) is 2.03. The van der Waals surface area contributed by atoms with Crippen LogP contribution in [0.1, 0.15) is 52.5 Å². The maximum atomic E-state index is 12.4. The second-order valence-corrected chi connectivity index (χ2v) is 6.58. The predicted octanol–water partition coefficient (Wildman–Crippen LogP) is 4.37. The molecule has 0 aromatic heterocycles. The van der Waals surface area contributed by atoms with Crippen LogP contribution in [0.5, 0.6) is 5.75 Å². The van der Waals surface area contributed by atoms with Gasteiger partial charge in [-0.05, 0) is 48.8 Å². The first-order valence-corrected chi connectivity index (χ1v) is 7.71. The maximum absolute atomic E-state index is 12.4. The molecule has 0 bridgehead atoms. The van der Waals surface area contributed by atoms with Crippen molar-refractivity contribution in [1.82, 2.24) is 0 Å². The lowest BCUT2D eigenvalue weighted by Gasteiger charge is -2.38. The van der Waals surface area contributed by atoms with Crippen molar-refractivity contribution in [3.05, 3.63) is 29.8 Å². The number of Topliss-reactive ketones (excluding diaryl/α,β-unsaturated/α-hetero) is 1. The van der Waals surface area contributed by atoms with E-state index in [0.29, 0.717) is 18.3 Å². The second kappa shape index (κ2) is 5.99. The quantitative estimate of drug-likeness (QED) is 0.815. The predicted molar refractivity (Wildman–Crippen MR) is 82.1 cm³/mol. The van der Waals surface area contributed by atoms with Gasteiger partial charge in [0.05, 0.1) is 6.61 Å². The van der Waals surface area contributed by atoms with Crippen LogP contribution in [-0.2, 0) is 10.2 Å². The number of hydrogen-bond donors (Lipinski definition) is 0. The van der Waals surface area contributed by atoms with Gasteiger partial charge in [0, 0.05) is 12.3 Å². The molecule has 0 amide bonds. The van der Waals surface area contributed by atoms with Gasteiger partial charge in [0.1, 0.15) is 11.5 Å². The molecule has 0 saturated heterocycles. The number of hydrogen-bond acceptors (Lipinski definition) is 2. The summed E-state index contributed by atoms with van der Waals surface area (Å²) in [4.78, 5) is 12.4. The normalized spacial score (nSPS) is 23.7. The molecule has 1 aromatic carbocycles. The van der Waals surface area contributed by atoms with E-state index in [9.17, 15) is 4.79 Å². The number of carbonyl (C=O) groups is 1. The summed E-state index contributed by atoms with van der Waals surface area (Å²) < 4.78 is 5.49. The number of benzene rings is 1. The molecular weight excluding hydrogens is 248 g/mol. The molecule has 0 N–H and O–H groups in total. The smallest absolute Gasteiger partial charge is 0.137 e. The van der Waals surface area contributed by atoms with Crippen LogP contribution in [0.3, 0.4) is 0 Å². The van der Waals surface area contributed by atoms with Gasteiger partial charge in [0.2, 0.25) is 0 Å². The summed E-state index contributed by atoms with van der Waals surface area (Å²) >= 11 is 0. The van der Waals surface area contributed by atoms with E-state index in [0.717, 1.165) is 25.0 Å². The van der Waals surface area contributed by atoms with Crippen molar-refractivity contribution in [1.29, 1.82) is 0 Å². The minimum atomic E-state index is -0.0953. The van der Waals surface area contributed by atoms with Crippen LogP contribution in [0.25, 0.3) is 0 Å². The lowest BCUT2D eigenvalue weighted by molar-refractivity contribution is -0.128. The minimum Gasteiger partial charge on any atom is -0.494 e. The molecule has 1 aromatic rings. The van der Waals surface area contributed by atoms with E-state index in [2.05, 4.69) is 32.9 Å². The molecule has 2 atom stereocenters. The summed E-state index contributed by atoms with van der Waals surface area (Å²) in [6.07, 6.45) is 2.92. The Kier molecular flexibility index (Phi) is 4.52. The average molecular weight is 274 g/mol. The zero-order valence-corrected chi connectivity index (χ0v) is 13.1. The monoisotopic (exact) mass is 274 g/mol. The molecule has 2 heteroatoms. The highest BCUT2D eigenvalue weighted by atomic mass is 16.5. The van der Waals surface area contributed by atoms with Crippen LogP contribution in [-0.4, -0.2) is 12.4 Å². The molecule has 1 saturated carbocycles. The summed E-state index contributed by atoms with van der Waals surface area (Å²) in [6.45, 7) is 9.24. The Labute approximate surface area is 122 Å². The lowest BCUT2D eigenvalue weighted by Crippen LogP contribution is -2.38. The van der Waals surface area contributed by atoms with Crippen molar-refractivity contribution in [3.63, 3.8) is 0 Å². The molecule has 1 fully saturated rings. The van der Waals surface area contributed by atoms with Crippen molar-refractivity contribution in [3.8, 4) is 5.75 Å². The molecule has 2 rings (SSSR count). The van der Waals surface area contributed by atoms with Gasteiger partial charge in [0.25, 0.3) is 0 Å². The number of ether oxygens (including phenoxy) is 1. The van der Waals surface area contributed by atoms with E-state index >= 15 is 0 Å². The third-order valence-electron chi connectivity index (χ3n) is 4.67. The fourth-order valence-electron chi connectivity index (χ4n) is 3.31. The molecule has 1 aliphatic carbocycles. The Morgan fingerprint density at radius 3 is 2.40 bits per heavy atom. The van der Waals surface area contributed by atoms with Crippen molar-refractivity contribution in [2.45, 2.75) is 52.4 Å². The zero-order chi connectivity index (χ0) is 14.8. The molecule has 1 aliphatic rings. The Morgan fingerprint density at radius 1 is 1.20 bits per heavy atom. The molecule has 2 nitrogen and oxygen atoms in total. The van der Waals surface area contributed by atoms with Crippen molar-refractivity contribution >= 4 is 5.78 Å². The number of ketones is 1. The van der Waals surface area contributed by atoms with Crippen LogP contribution >= 0.6 is 0 Å². The third-order valence-corrected chi connectivity index (χ3v) is 4.67. The molecule has 2 unspecified atom stereocenters. The van der Waals surface area contributed by atoms with Crippen LogP contribution in [0, 0.1) is 11.8 Å². The highest BCUT2D eigenvalue weighted by molar-refractivity contribution is 5.83. The Morgan fingerprint density at radius 2 is 1.85 bits per heavy atom. The SMILES string of the molecule is CCOc1ccc(C(C)(C)C2CCC(C)CC2=O)cc1. The van der Waals surface area contributed by atoms with Gasteiger partial charge >= 0.3 is 0 Å². The van der Waals surface area contributed by atoms with E-state index in [1.54, 1.807) is 0 Å². The van der Waals surface area contributed by atoms with Gasteiger partial charge in [-0.1, -0.05) is 32.9 Å². The average Bonchev–Trinajstić information content (AvgIpc) is 2.39. The minimum absolute atomic E-state index is 0.0953. The van der Waals surface area contributed by atoms with Crippen molar-refractivity contribution in [2.24, 2.45) is 11.8 Å². The summed E-state index contributed by atoms with van der Waals surface area (Å²) in [5, 5.41) is 0. The molecule has 0 spiro atoms. The fraction of sp³-hybridized carbons (Fsp3) is 0.611. The maximum Gasteiger partial charge on any atom is 0.137 e. The van der Waals surface area contributed by atoms with E-state index in [1.165, 1.54) is 5.56 Å². The van der Waals surface area contributed by atoms with Gasteiger partial charge in [-0.15, -0.1) is 0 Å². The van der Waals surface area contributed by atoms with E-state index in [4.69, 9.17) is 4.74 Å². The largest absolute Gasteiger partial charge is 0.494 e. The molecule has 110 valence electrons. The fourth-order valence-corrected chi connectivity index (χ4v) is 3.31. The van der Waals surface area contributed by atoms with Gasteiger partial charge in [-0.3, -0.25) is 4.79 Å². The summed E-state index contributed by atoms with van der Waals surface area (Å²) in [5.41, 5.74) is 1.14. The highest BCUT2D eigenvalue weighted by Crippen LogP contribution is 2.40. The Balaban J connectivity index is 2.18. The first kappa shape index (κ1) is 15.1. The van der Waals surface area contributed by atoms with E-state index < -0.39 is 0 Å². The lowest BCUT2D eigenvalue weighted by atomic mass is 9.65. The number of carbonyl (C=O) groups excluding carboxylic acids is 1. The Bertz CT molecular complexity index is 459. The van der Waals surface area contributed by atoms with Gasteiger partial charge in [-0.2, -0.15) is 0 Å². The molecule has 20 heavy (non-hydrogen) atoms. The third kappa shape index (κ3) is 3.05. The van der Waals surface area contributed by atoms with E-state index in [-0.39, 0.29) is 11.3 Å². The van der Waals surface area contributed by atoms with Crippen molar-refractivity contribution < 1.29 is 9.53 Å². The van der Waals surface area contributed by atoms with Gasteiger partial charge < -0.3 is 4.74 Å². The number of rotatable bonds is 4. The van der Waals surface area contributed by atoms with Crippen LogP contribution in [0.15, 0.2) is 24.3 Å². The van der Waals surface area contributed by atoms with Crippen LogP contribution in [0.4, 0.5) is 0 Å². The van der Waals surface area contributed by atoms with Crippen molar-refractivity contribution in [2.75, 3.05) is 6.61 Å². The molecular formula is C18H26O2. The molecule has 0 aliphatic heterocycles. The zero-order valence-electron chi connectivity index (χ0n) is 13.1. The second-order valence-electron chi connectivity index (χ2n) is 6.58. The van der Waals surface area contributed by atoms with Crippen LogP contribution < -0.4 is 4.74 Å². The van der Waals surface area contributed by atoms with Gasteiger partial charge in [0.15, 0.2) is 0 Å².